The van der Waals surface area contributed by atoms with E-state index in [1.54, 1.807) is 0 Å². The number of hydrogen-bond donors (Lipinski definition) is 0. The number of rotatable bonds is 4. The van der Waals surface area contributed by atoms with Crippen LogP contribution in [-0.2, 0) is 14.9 Å². The average molecular weight is 414 g/mol. The molecule has 0 aliphatic heterocycles. The Hall–Kier alpha value is -2.76. The smallest absolute Gasteiger partial charge is 0.465 e. The van der Waals surface area contributed by atoms with Crippen molar-refractivity contribution in [3.63, 3.8) is 0 Å². The Balaban J connectivity index is 2.55. The van der Waals surface area contributed by atoms with Gasteiger partial charge in [0.25, 0.3) is 0 Å². The van der Waals surface area contributed by atoms with Gasteiger partial charge in [-0.15, -0.1) is 0 Å². The fraction of sp³-hybridized carbons (Fsp3) is 0.133. The summed E-state index contributed by atoms with van der Waals surface area (Å²) in [5.41, 5.74) is -7.86. The van der Waals surface area contributed by atoms with Crippen LogP contribution in [0.4, 0.5) is 26.3 Å². The monoisotopic (exact) mass is 414 g/mol. The lowest BCUT2D eigenvalue weighted by atomic mass is 10.0. The first-order valence-corrected chi connectivity index (χ1v) is 8.16. The highest BCUT2D eigenvalue weighted by Crippen LogP contribution is 2.34. The quantitative estimate of drug-likeness (QED) is 0.330. The van der Waals surface area contributed by atoms with Gasteiger partial charge >= 0.3 is 21.6 Å². The predicted molar refractivity (Wildman–Crippen MR) is 78.7 cm³/mol. The lowest BCUT2D eigenvalue weighted by molar-refractivity contribution is -0.0500. The number of halogens is 6. The van der Waals surface area contributed by atoms with Gasteiger partial charge in [-0.05, 0) is 18.2 Å². The maximum atomic E-state index is 14.2. The number of hydrogen-bond acceptors (Lipinski definition) is 5. The Labute approximate surface area is 148 Å². The maximum Gasteiger partial charge on any atom is 0.534 e. The summed E-state index contributed by atoms with van der Waals surface area (Å²) in [6, 6.07) is 2.72. The molecule has 146 valence electrons. The van der Waals surface area contributed by atoms with Crippen molar-refractivity contribution in [2.45, 2.75) is 5.51 Å². The Kier molecular flexibility index (Phi) is 5.40. The molecule has 0 radical (unpaired) electrons. The third-order valence-corrected chi connectivity index (χ3v) is 4.14. The molecule has 0 bridgehead atoms. The number of esters is 1. The second kappa shape index (κ2) is 7.10. The largest absolute Gasteiger partial charge is 0.534 e. The van der Waals surface area contributed by atoms with Crippen molar-refractivity contribution in [2.24, 2.45) is 0 Å². The number of carbonyl (C=O) groups is 1. The fourth-order valence-electron chi connectivity index (χ4n) is 1.99. The van der Waals surface area contributed by atoms with Gasteiger partial charge in [-0.2, -0.15) is 21.6 Å². The van der Waals surface area contributed by atoms with E-state index >= 15 is 0 Å². The van der Waals surface area contributed by atoms with Crippen LogP contribution in [0.2, 0.25) is 0 Å². The van der Waals surface area contributed by atoms with Gasteiger partial charge in [0, 0.05) is 17.7 Å². The molecule has 5 nitrogen and oxygen atoms in total. The fourth-order valence-corrected chi connectivity index (χ4v) is 2.43. The van der Waals surface area contributed by atoms with Crippen LogP contribution in [0.3, 0.4) is 0 Å². The van der Waals surface area contributed by atoms with Gasteiger partial charge in [-0.1, -0.05) is 0 Å². The summed E-state index contributed by atoms with van der Waals surface area (Å²) in [5.74, 6) is -6.65. The van der Waals surface area contributed by atoms with E-state index in [9.17, 15) is 39.6 Å². The summed E-state index contributed by atoms with van der Waals surface area (Å²) in [4.78, 5) is 11.5. The predicted octanol–water partition coefficient (Wildman–Crippen LogP) is 3.79. The minimum absolute atomic E-state index is 0.131. The third kappa shape index (κ3) is 4.15. The highest BCUT2D eigenvalue weighted by atomic mass is 32.2. The molecule has 2 aromatic rings. The number of alkyl halides is 3. The maximum absolute atomic E-state index is 14.2. The van der Waals surface area contributed by atoms with E-state index in [2.05, 4.69) is 8.92 Å². The number of methoxy groups -OCH3 is 1. The number of carbonyl (C=O) groups excluding carboxylic acids is 1. The molecule has 0 aliphatic rings. The Morgan fingerprint density at radius 3 is 2.00 bits per heavy atom. The Bertz CT molecular complexity index is 977. The zero-order chi connectivity index (χ0) is 20.6. The average Bonchev–Trinajstić information content (AvgIpc) is 2.53. The molecule has 0 heterocycles. The van der Waals surface area contributed by atoms with E-state index in [1.807, 2.05) is 0 Å². The summed E-state index contributed by atoms with van der Waals surface area (Å²) in [6.07, 6.45) is 0. The molecular weight excluding hydrogens is 406 g/mol. The van der Waals surface area contributed by atoms with E-state index in [0.29, 0.717) is 0 Å². The molecule has 2 rings (SSSR count). The second-order valence-electron chi connectivity index (χ2n) is 4.93. The normalized spacial score (nSPS) is 12.0. The summed E-state index contributed by atoms with van der Waals surface area (Å²) in [5, 5.41) is 0. The zero-order valence-electron chi connectivity index (χ0n) is 13.1. The molecule has 0 amide bonds. The standard InChI is InChI=1S/C15H8F6O5S/c1-25-14(22)7-2-3-10(16)9(4-7)13-11(17)5-8(6-12(13)18)26-27(23,24)15(19,20)21/h2-6H,1H3. The number of benzene rings is 2. The van der Waals surface area contributed by atoms with Crippen LogP contribution in [0, 0.1) is 17.5 Å². The molecule has 27 heavy (non-hydrogen) atoms. The summed E-state index contributed by atoms with van der Waals surface area (Å²) in [6.45, 7) is 0. The highest BCUT2D eigenvalue weighted by molar-refractivity contribution is 7.88. The lowest BCUT2D eigenvalue weighted by Crippen LogP contribution is -2.28. The topological polar surface area (TPSA) is 69.7 Å². The van der Waals surface area contributed by atoms with Crippen molar-refractivity contribution in [1.29, 1.82) is 0 Å². The second-order valence-corrected chi connectivity index (χ2v) is 6.47. The third-order valence-electron chi connectivity index (χ3n) is 3.16. The molecule has 0 saturated carbocycles. The summed E-state index contributed by atoms with van der Waals surface area (Å²) >= 11 is 0. The van der Waals surface area contributed by atoms with Crippen molar-refractivity contribution < 1.29 is 48.5 Å². The first-order valence-electron chi connectivity index (χ1n) is 6.75. The van der Waals surface area contributed by atoms with Gasteiger partial charge in [0.05, 0.1) is 18.2 Å². The van der Waals surface area contributed by atoms with Gasteiger partial charge in [0.1, 0.15) is 23.2 Å². The van der Waals surface area contributed by atoms with Crippen molar-refractivity contribution in [3.8, 4) is 16.9 Å². The number of ether oxygens (including phenoxy) is 1. The van der Waals surface area contributed by atoms with Crippen LogP contribution in [0.25, 0.3) is 11.1 Å². The molecular formula is C15H8F6O5S. The van der Waals surface area contributed by atoms with Crippen molar-refractivity contribution in [3.05, 3.63) is 53.3 Å². The molecule has 12 heteroatoms. The van der Waals surface area contributed by atoms with Crippen LogP contribution in [0.15, 0.2) is 30.3 Å². The van der Waals surface area contributed by atoms with E-state index in [-0.39, 0.29) is 17.7 Å². The van der Waals surface area contributed by atoms with Gasteiger partial charge in [-0.25, -0.2) is 18.0 Å². The van der Waals surface area contributed by atoms with Gasteiger partial charge in [0.15, 0.2) is 0 Å². The van der Waals surface area contributed by atoms with Crippen molar-refractivity contribution in [1.82, 2.24) is 0 Å². The highest BCUT2D eigenvalue weighted by Gasteiger charge is 2.48. The minimum Gasteiger partial charge on any atom is -0.465 e. The molecule has 0 unspecified atom stereocenters. The van der Waals surface area contributed by atoms with Crippen LogP contribution in [-0.4, -0.2) is 27.0 Å². The summed E-state index contributed by atoms with van der Waals surface area (Å²) in [7, 11) is -5.15. The first kappa shape index (κ1) is 20.6. The van der Waals surface area contributed by atoms with Gasteiger partial charge < -0.3 is 8.92 Å². The molecule has 0 spiro atoms. The zero-order valence-corrected chi connectivity index (χ0v) is 13.9. The van der Waals surface area contributed by atoms with E-state index in [0.717, 1.165) is 25.3 Å². The Morgan fingerprint density at radius 2 is 1.52 bits per heavy atom. The summed E-state index contributed by atoms with van der Waals surface area (Å²) < 4.78 is 109. The molecule has 0 atom stereocenters. The molecule has 0 fully saturated rings. The lowest BCUT2D eigenvalue weighted by Gasteiger charge is -2.12. The van der Waals surface area contributed by atoms with Crippen molar-refractivity contribution >= 4 is 16.1 Å². The molecule has 0 saturated heterocycles. The molecule has 0 aromatic heterocycles. The minimum atomic E-state index is -6.16. The van der Waals surface area contributed by atoms with E-state index in [1.165, 1.54) is 0 Å². The van der Waals surface area contributed by atoms with Crippen LogP contribution >= 0.6 is 0 Å². The molecule has 0 aliphatic carbocycles. The SMILES string of the molecule is COC(=O)c1ccc(F)c(-c2c(F)cc(OS(=O)(=O)C(F)(F)F)cc2F)c1. The Morgan fingerprint density at radius 1 is 0.963 bits per heavy atom. The van der Waals surface area contributed by atoms with Gasteiger partial charge in [0.2, 0.25) is 0 Å². The first-order chi connectivity index (χ1) is 12.4. The van der Waals surface area contributed by atoms with Crippen LogP contribution < -0.4 is 4.18 Å². The van der Waals surface area contributed by atoms with Crippen molar-refractivity contribution in [2.75, 3.05) is 7.11 Å². The van der Waals surface area contributed by atoms with Gasteiger partial charge in [-0.3, -0.25) is 0 Å². The van der Waals surface area contributed by atoms with E-state index in [4.69, 9.17) is 0 Å². The molecule has 0 N–H and O–H groups in total. The van der Waals surface area contributed by atoms with Crippen LogP contribution in [0.1, 0.15) is 10.4 Å². The van der Waals surface area contributed by atoms with Crippen LogP contribution in [0.5, 0.6) is 5.75 Å². The van der Waals surface area contributed by atoms with E-state index < -0.39 is 55.9 Å². The molecule has 2 aromatic carbocycles.